The molecule has 0 aliphatic carbocycles. The standard InChI is InChI=1S/C21H28N6O2/c1-17(28)16-29-21(6-5-18(12-23-21)19-13-24-25-14-19)27-10-8-26(9-11-27)15-20-4-2-3-7-22-20/h2-7,12-14,17,23,28H,8-11,15-16H2,1H3,(H,24,25)/t17?,21-/m1/s1. The van der Waals surface area contributed by atoms with Gasteiger partial charge in [-0.1, -0.05) is 12.1 Å². The molecule has 0 radical (unpaired) electrons. The zero-order valence-corrected chi connectivity index (χ0v) is 16.7. The monoisotopic (exact) mass is 396 g/mol. The van der Waals surface area contributed by atoms with E-state index in [0.717, 1.165) is 49.6 Å². The van der Waals surface area contributed by atoms with E-state index in [9.17, 15) is 5.11 Å². The molecule has 0 saturated carbocycles. The van der Waals surface area contributed by atoms with Gasteiger partial charge in [0.1, 0.15) is 0 Å². The van der Waals surface area contributed by atoms with Crippen LogP contribution in [-0.2, 0) is 11.3 Å². The van der Waals surface area contributed by atoms with Crippen molar-refractivity contribution in [3.63, 3.8) is 0 Å². The number of pyridine rings is 1. The molecule has 1 fully saturated rings. The number of dihydropyridines is 1. The Hall–Kier alpha value is -2.52. The predicted octanol–water partition coefficient (Wildman–Crippen LogP) is 1.17. The second-order valence-corrected chi connectivity index (χ2v) is 7.51. The Morgan fingerprint density at radius 2 is 2.14 bits per heavy atom. The number of aliphatic hydroxyl groups is 1. The lowest BCUT2D eigenvalue weighted by Crippen LogP contribution is -2.64. The van der Waals surface area contributed by atoms with Crippen LogP contribution in [0.15, 0.2) is 55.1 Å². The molecule has 0 bridgehead atoms. The third kappa shape index (κ3) is 4.73. The molecule has 2 aromatic rings. The van der Waals surface area contributed by atoms with Gasteiger partial charge in [0.25, 0.3) is 0 Å². The zero-order chi connectivity index (χ0) is 20.1. The van der Waals surface area contributed by atoms with E-state index in [2.05, 4.69) is 36.4 Å². The summed E-state index contributed by atoms with van der Waals surface area (Å²) in [6.07, 6.45) is 11.0. The molecule has 1 saturated heterocycles. The van der Waals surface area contributed by atoms with E-state index in [1.807, 2.05) is 42.9 Å². The Kier molecular flexibility index (Phi) is 6.05. The Labute approximate surface area is 170 Å². The molecule has 29 heavy (non-hydrogen) atoms. The minimum absolute atomic E-state index is 0.250. The number of nitrogens with zero attached hydrogens (tertiary/aromatic N) is 4. The van der Waals surface area contributed by atoms with Crippen LogP contribution in [0.4, 0.5) is 0 Å². The number of nitrogens with one attached hydrogen (secondary N) is 2. The molecule has 2 aliphatic heterocycles. The quantitative estimate of drug-likeness (QED) is 0.647. The van der Waals surface area contributed by atoms with Crippen LogP contribution in [0.3, 0.4) is 0 Å². The third-order valence-electron chi connectivity index (χ3n) is 5.25. The largest absolute Gasteiger partial charge is 0.391 e. The maximum atomic E-state index is 9.77. The third-order valence-corrected chi connectivity index (χ3v) is 5.25. The van der Waals surface area contributed by atoms with Crippen molar-refractivity contribution in [2.45, 2.75) is 25.4 Å². The average Bonchev–Trinajstić information content (AvgIpc) is 3.29. The van der Waals surface area contributed by atoms with Crippen LogP contribution in [0.1, 0.15) is 18.2 Å². The fourth-order valence-electron chi connectivity index (χ4n) is 3.65. The van der Waals surface area contributed by atoms with E-state index in [1.54, 1.807) is 13.1 Å². The summed E-state index contributed by atoms with van der Waals surface area (Å²) in [7, 11) is 0. The number of piperazine rings is 1. The van der Waals surface area contributed by atoms with Crippen LogP contribution in [-0.4, -0.2) is 74.8 Å². The van der Waals surface area contributed by atoms with Gasteiger partial charge in [-0.2, -0.15) is 5.10 Å². The normalized spacial score (nSPS) is 24.1. The van der Waals surface area contributed by atoms with Gasteiger partial charge in [0.15, 0.2) is 0 Å². The Bertz CT molecular complexity index is 828. The van der Waals surface area contributed by atoms with Crippen LogP contribution < -0.4 is 5.32 Å². The lowest BCUT2D eigenvalue weighted by Gasteiger charge is -2.46. The summed E-state index contributed by atoms with van der Waals surface area (Å²) in [4.78, 5) is 9.11. The van der Waals surface area contributed by atoms with Crippen molar-refractivity contribution in [2.24, 2.45) is 0 Å². The highest BCUT2D eigenvalue weighted by Crippen LogP contribution is 2.26. The number of H-pyrrole nitrogens is 1. The van der Waals surface area contributed by atoms with Gasteiger partial charge in [-0.15, -0.1) is 0 Å². The number of hydrogen-bond acceptors (Lipinski definition) is 7. The summed E-state index contributed by atoms with van der Waals surface area (Å²) in [5.41, 5.74) is 3.13. The molecular formula is C21H28N6O2. The lowest BCUT2D eigenvalue weighted by atomic mass is 10.1. The molecule has 0 amide bonds. The van der Waals surface area contributed by atoms with Crippen molar-refractivity contribution in [1.82, 2.24) is 30.3 Å². The number of ether oxygens (including phenoxy) is 1. The van der Waals surface area contributed by atoms with Crippen LogP contribution >= 0.6 is 0 Å². The molecule has 8 heteroatoms. The number of aliphatic hydroxyl groups excluding tert-OH is 1. The molecule has 154 valence electrons. The summed E-state index contributed by atoms with van der Waals surface area (Å²) < 4.78 is 6.17. The van der Waals surface area contributed by atoms with Crippen molar-refractivity contribution in [2.75, 3.05) is 32.8 Å². The summed E-state index contributed by atoms with van der Waals surface area (Å²) in [6, 6.07) is 6.03. The second kappa shape index (κ2) is 8.87. The Morgan fingerprint density at radius 1 is 1.28 bits per heavy atom. The van der Waals surface area contributed by atoms with E-state index in [1.165, 1.54) is 0 Å². The molecule has 1 unspecified atom stereocenters. The summed E-state index contributed by atoms with van der Waals surface area (Å²) in [5.74, 6) is -0.763. The lowest BCUT2D eigenvalue weighted by molar-refractivity contribution is -0.163. The highest BCUT2D eigenvalue weighted by molar-refractivity contribution is 5.74. The predicted molar refractivity (Wildman–Crippen MR) is 110 cm³/mol. The average molecular weight is 396 g/mol. The van der Waals surface area contributed by atoms with Gasteiger partial charge in [0.05, 0.1) is 24.6 Å². The number of rotatable bonds is 7. The smallest absolute Gasteiger partial charge is 0.218 e. The molecule has 8 nitrogen and oxygen atoms in total. The summed E-state index contributed by atoms with van der Waals surface area (Å²) in [6.45, 7) is 6.37. The first kappa shape index (κ1) is 19.8. The van der Waals surface area contributed by atoms with E-state index in [-0.39, 0.29) is 6.61 Å². The first-order valence-electron chi connectivity index (χ1n) is 10.0. The molecule has 4 rings (SSSR count). The van der Waals surface area contributed by atoms with Crippen molar-refractivity contribution in [1.29, 1.82) is 0 Å². The van der Waals surface area contributed by atoms with E-state index >= 15 is 0 Å². The van der Waals surface area contributed by atoms with Crippen LogP contribution in [0.5, 0.6) is 0 Å². The minimum atomic E-state index is -0.763. The molecule has 2 aliphatic rings. The van der Waals surface area contributed by atoms with Gasteiger partial charge >= 0.3 is 0 Å². The maximum absolute atomic E-state index is 9.77. The van der Waals surface area contributed by atoms with Crippen LogP contribution in [0.25, 0.3) is 5.57 Å². The van der Waals surface area contributed by atoms with Crippen molar-refractivity contribution in [3.05, 3.63) is 66.4 Å². The molecule has 2 atom stereocenters. The van der Waals surface area contributed by atoms with E-state index in [4.69, 9.17) is 4.74 Å². The van der Waals surface area contributed by atoms with Crippen molar-refractivity contribution >= 4 is 5.57 Å². The maximum Gasteiger partial charge on any atom is 0.218 e. The zero-order valence-electron chi connectivity index (χ0n) is 16.7. The molecule has 2 aromatic heterocycles. The first-order chi connectivity index (χ1) is 14.1. The van der Waals surface area contributed by atoms with Gasteiger partial charge in [0, 0.05) is 62.5 Å². The van der Waals surface area contributed by atoms with Gasteiger partial charge in [-0.25, -0.2) is 0 Å². The topological polar surface area (TPSA) is 89.5 Å². The van der Waals surface area contributed by atoms with E-state index in [0.29, 0.717) is 0 Å². The van der Waals surface area contributed by atoms with Gasteiger partial charge in [-0.05, 0) is 25.1 Å². The number of aromatic nitrogens is 3. The molecule has 0 aromatic carbocycles. The fraction of sp³-hybridized carbons (Fsp3) is 0.429. The SMILES string of the molecule is CC(O)CO[C@]1(N2CCN(Cc3ccccn3)CC2)C=CC(c2cn[nH]c2)=CN1. The minimum Gasteiger partial charge on any atom is -0.391 e. The fourth-order valence-corrected chi connectivity index (χ4v) is 3.65. The van der Waals surface area contributed by atoms with Gasteiger partial charge in [-0.3, -0.25) is 19.9 Å². The summed E-state index contributed by atoms with van der Waals surface area (Å²) >= 11 is 0. The van der Waals surface area contributed by atoms with Crippen LogP contribution in [0.2, 0.25) is 0 Å². The molecule has 0 spiro atoms. The second-order valence-electron chi connectivity index (χ2n) is 7.51. The number of aromatic amines is 1. The van der Waals surface area contributed by atoms with Crippen molar-refractivity contribution < 1.29 is 9.84 Å². The Morgan fingerprint density at radius 3 is 2.76 bits per heavy atom. The van der Waals surface area contributed by atoms with Crippen LogP contribution in [0, 0.1) is 0 Å². The first-order valence-corrected chi connectivity index (χ1v) is 10.0. The van der Waals surface area contributed by atoms with Crippen molar-refractivity contribution in [3.8, 4) is 0 Å². The van der Waals surface area contributed by atoms with Gasteiger partial charge in [0.2, 0.25) is 5.85 Å². The molecular weight excluding hydrogens is 368 g/mol. The number of allylic oxidation sites excluding steroid dienone is 2. The highest BCUT2D eigenvalue weighted by atomic mass is 16.5. The summed E-state index contributed by atoms with van der Waals surface area (Å²) in [5, 5.41) is 20.0. The Balaban J connectivity index is 1.42. The number of hydrogen-bond donors (Lipinski definition) is 3. The highest BCUT2D eigenvalue weighted by Gasteiger charge is 2.38. The molecule has 4 heterocycles. The van der Waals surface area contributed by atoms with E-state index < -0.39 is 12.0 Å². The molecule has 3 N–H and O–H groups in total. The van der Waals surface area contributed by atoms with Gasteiger partial charge < -0.3 is 15.2 Å².